The molecule has 2 aliphatic carbocycles. The van der Waals surface area contributed by atoms with Gasteiger partial charge >= 0.3 is 0 Å². The summed E-state index contributed by atoms with van der Waals surface area (Å²) in [5, 5.41) is 29.1. The molecule has 3 aromatic carbocycles. The van der Waals surface area contributed by atoms with E-state index in [0.717, 1.165) is 27.7 Å². The minimum Gasteiger partial charge on any atom is -0.506 e. The van der Waals surface area contributed by atoms with Crippen molar-refractivity contribution in [1.29, 1.82) is 0 Å². The van der Waals surface area contributed by atoms with E-state index in [-0.39, 0.29) is 28.4 Å². The number of aryl methyl sites for hydroxylation is 2. The van der Waals surface area contributed by atoms with Crippen molar-refractivity contribution >= 4 is 56.3 Å². The third-order valence-corrected chi connectivity index (χ3v) is 13.1. The molecule has 0 unspecified atom stereocenters. The summed E-state index contributed by atoms with van der Waals surface area (Å²) in [4.78, 5) is 42.8. The molecule has 1 saturated heterocycles. The number of benzene rings is 3. The zero-order valence-electron chi connectivity index (χ0n) is 32.7. The molecule has 3 N–H and O–H groups in total. The van der Waals surface area contributed by atoms with Gasteiger partial charge in [-0.2, -0.15) is 10.2 Å². The smallest absolute Gasteiger partial charge is 0.199 e. The SMILES string of the molecule is Cc1cc2c(o1)-c1c(c(-c3ccc(O)c(N4CCN(c5ccc6c(c5)C(=O)c5c(-c7c(F)ccc(F)c7F)nc7n[nH]c(-c8cccs8)c7c5-6)CC4)c3)nc3n[nH]c(C)c13)C2=O. The number of carbonyl (C=O) groups is 2. The van der Waals surface area contributed by atoms with Crippen molar-refractivity contribution in [3.05, 3.63) is 123 Å². The van der Waals surface area contributed by atoms with Crippen LogP contribution >= 0.6 is 11.3 Å². The fourth-order valence-electron chi connectivity index (χ4n) is 9.33. The Morgan fingerprint density at radius 2 is 1.44 bits per heavy atom. The van der Waals surface area contributed by atoms with Gasteiger partial charge in [-0.15, -0.1) is 11.3 Å². The number of hydrogen-bond donors (Lipinski definition) is 3. The third kappa shape index (κ3) is 5.00. The molecule has 0 amide bonds. The number of nitrogens with zero attached hydrogens (tertiary/aromatic N) is 6. The summed E-state index contributed by atoms with van der Waals surface area (Å²) in [5.74, 6) is -3.27. The number of phenolic OH excluding ortho intramolecular Hbond substituents is 1. The van der Waals surface area contributed by atoms with Gasteiger partial charge in [-0.05, 0) is 79.4 Å². The highest BCUT2D eigenvalue weighted by Gasteiger charge is 2.39. The molecule has 12 nitrogen and oxygen atoms in total. The van der Waals surface area contributed by atoms with Crippen molar-refractivity contribution in [2.75, 3.05) is 36.0 Å². The number of anilines is 2. The lowest BCUT2D eigenvalue weighted by atomic mass is 9.96. The first kappa shape index (κ1) is 36.3. The number of halogens is 3. The second-order valence-electron chi connectivity index (χ2n) is 15.6. The van der Waals surface area contributed by atoms with E-state index in [2.05, 4.69) is 35.2 Å². The number of aromatic nitrogens is 6. The lowest BCUT2D eigenvalue weighted by molar-refractivity contribution is 0.103. The summed E-state index contributed by atoms with van der Waals surface area (Å²) in [6.07, 6.45) is 0. The van der Waals surface area contributed by atoms with E-state index in [1.807, 2.05) is 42.6 Å². The van der Waals surface area contributed by atoms with Gasteiger partial charge in [0.15, 0.2) is 34.5 Å². The average Bonchev–Trinajstić information content (AvgIpc) is 4.15. The molecule has 1 fully saturated rings. The lowest BCUT2D eigenvalue weighted by Gasteiger charge is -2.37. The van der Waals surface area contributed by atoms with Crippen molar-refractivity contribution in [3.8, 4) is 61.3 Å². The number of nitrogens with one attached hydrogen (secondary N) is 2. The van der Waals surface area contributed by atoms with Gasteiger partial charge in [0.2, 0.25) is 0 Å². The van der Waals surface area contributed by atoms with E-state index in [1.165, 1.54) is 11.3 Å². The fraction of sp³-hybridized carbons (Fsp3) is 0.130. The standard InChI is InChI=1S/C46H29F3N8O4S/c1-19-16-25-43(60)36-34(44(25)61-19)31-20(2)52-54-45(31)50-39(36)21-5-10-29(58)28(17-21)57-13-11-56(12-14-57)22-6-7-23-24(18-22)42(59)35-32(23)37-40(30-4-3-15-62-30)53-55-46(37)51-41(35)33-26(47)8-9-27(48)38(33)49/h3-10,15-18,58H,11-14H2,1-2H3,(H,50,52,54)(H,51,53,55). The van der Waals surface area contributed by atoms with Crippen LogP contribution in [0.1, 0.15) is 43.3 Å². The summed E-state index contributed by atoms with van der Waals surface area (Å²) in [6.45, 7) is 5.68. The van der Waals surface area contributed by atoms with Gasteiger partial charge in [-0.25, -0.2) is 23.1 Å². The van der Waals surface area contributed by atoms with E-state index in [9.17, 15) is 19.1 Å². The minimum absolute atomic E-state index is 0.0321. The molecule has 0 saturated carbocycles. The van der Waals surface area contributed by atoms with Gasteiger partial charge in [-0.1, -0.05) is 12.1 Å². The van der Waals surface area contributed by atoms with E-state index < -0.39 is 28.8 Å². The molecule has 16 heteroatoms. The highest BCUT2D eigenvalue weighted by Crippen LogP contribution is 2.50. The molecule has 0 spiro atoms. The molecule has 62 heavy (non-hydrogen) atoms. The van der Waals surface area contributed by atoms with E-state index in [1.54, 1.807) is 31.2 Å². The van der Waals surface area contributed by atoms with Crippen LogP contribution in [0, 0.1) is 31.3 Å². The molecule has 0 radical (unpaired) electrons. The second kappa shape index (κ2) is 13.0. The predicted molar refractivity (Wildman–Crippen MR) is 227 cm³/mol. The first-order valence-electron chi connectivity index (χ1n) is 19.7. The maximum Gasteiger partial charge on any atom is 0.199 e. The number of pyridine rings is 2. The summed E-state index contributed by atoms with van der Waals surface area (Å²) < 4.78 is 51.5. The number of thiophene rings is 1. The Morgan fingerprint density at radius 3 is 2.24 bits per heavy atom. The number of H-pyrrole nitrogens is 2. The van der Waals surface area contributed by atoms with Gasteiger partial charge in [0, 0.05) is 59.8 Å². The topological polar surface area (TPSA) is 157 Å². The molecule has 304 valence electrons. The molecule has 12 rings (SSSR count). The van der Waals surface area contributed by atoms with Crippen LogP contribution < -0.4 is 9.80 Å². The monoisotopic (exact) mass is 846 g/mol. The first-order chi connectivity index (χ1) is 30.0. The molecule has 0 atom stereocenters. The number of ketones is 2. The van der Waals surface area contributed by atoms with Crippen LogP contribution in [0.3, 0.4) is 0 Å². The Hall–Kier alpha value is -7.59. The maximum absolute atomic E-state index is 15.4. The second-order valence-corrected chi connectivity index (χ2v) is 16.6. The van der Waals surface area contributed by atoms with E-state index >= 15 is 8.78 Å². The lowest BCUT2D eigenvalue weighted by Crippen LogP contribution is -2.46. The Balaban J connectivity index is 0.885. The zero-order valence-corrected chi connectivity index (χ0v) is 33.5. The Kier molecular flexibility index (Phi) is 7.58. The highest BCUT2D eigenvalue weighted by molar-refractivity contribution is 7.13. The number of aromatic amines is 2. The van der Waals surface area contributed by atoms with E-state index in [0.29, 0.717) is 111 Å². The number of phenols is 1. The Bertz CT molecular complexity index is 3460. The molecule has 9 aromatic rings. The quantitative estimate of drug-likeness (QED) is 0.143. The molecule has 6 aromatic heterocycles. The number of fused-ring (bicyclic) bond motifs is 10. The summed E-state index contributed by atoms with van der Waals surface area (Å²) in [7, 11) is 0. The van der Waals surface area contributed by atoms with Gasteiger partial charge in [0.1, 0.15) is 23.1 Å². The van der Waals surface area contributed by atoms with Crippen LogP contribution in [-0.2, 0) is 0 Å². The number of aromatic hydroxyl groups is 1. The fourth-order valence-corrected chi connectivity index (χ4v) is 10.1. The van der Waals surface area contributed by atoms with Gasteiger partial charge in [-0.3, -0.25) is 19.8 Å². The van der Waals surface area contributed by atoms with Crippen LogP contribution in [0.25, 0.3) is 77.6 Å². The van der Waals surface area contributed by atoms with Gasteiger partial charge in [0.05, 0.1) is 60.7 Å². The van der Waals surface area contributed by atoms with Crippen molar-refractivity contribution < 1.29 is 32.3 Å². The molecule has 3 aliphatic rings. The summed E-state index contributed by atoms with van der Waals surface area (Å²) >= 11 is 1.45. The summed E-state index contributed by atoms with van der Waals surface area (Å²) in [5.41, 5.74) is 6.05. The first-order valence-corrected chi connectivity index (χ1v) is 20.6. The van der Waals surface area contributed by atoms with Crippen molar-refractivity contribution in [2.24, 2.45) is 0 Å². The number of hydrogen-bond acceptors (Lipinski definition) is 11. The van der Waals surface area contributed by atoms with Crippen molar-refractivity contribution in [1.82, 2.24) is 30.4 Å². The predicted octanol–water partition coefficient (Wildman–Crippen LogP) is 9.37. The molecular weight excluding hydrogens is 818 g/mol. The normalized spacial score (nSPS) is 14.3. The van der Waals surface area contributed by atoms with Crippen molar-refractivity contribution in [3.63, 3.8) is 0 Å². The number of carbonyl (C=O) groups excluding carboxylic acids is 2. The molecular formula is C46H29F3N8O4S. The zero-order chi connectivity index (χ0) is 42.3. The van der Waals surface area contributed by atoms with Crippen molar-refractivity contribution in [2.45, 2.75) is 13.8 Å². The largest absolute Gasteiger partial charge is 0.506 e. The van der Waals surface area contributed by atoms with Crippen LogP contribution in [-0.4, -0.2) is 73.2 Å². The molecule has 1 aliphatic heterocycles. The molecule has 0 bridgehead atoms. The third-order valence-electron chi connectivity index (χ3n) is 12.2. The van der Waals surface area contributed by atoms with Crippen LogP contribution in [0.5, 0.6) is 5.75 Å². The van der Waals surface area contributed by atoms with Crippen LogP contribution in [0.15, 0.2) is 76.5 Å². The minimum atomic E-state index is -1.45. The van der Waals surface area contributed by atoms with Crippen LogP contribution in [0.2, 0.25) is 0 Å². The molecule has 7 heterocycles. The average molecular weight is 847 g/mol. The summed E-state index contributed by atoms with van der Waals surface area (Å²) in [6, 6.07) is 17.7. The Labute approximate surface area is 352 Å². The maximum atomic E-state index is 15.4. The number of rotatable bonds is 5. The number of furan rings is 1. The van der Waals surface area contributed by atoms with E-state index in [4.69, 9.17) is 9.40 Å². The Morgan fingerprint density at radius 1 is 0.710 bits per heavy atom. The van der Waals surface area contributed by atoms with Crippen LogP contribution in [0.4, 0.5) is 24.5 Å². The number of piperazine rings is 1. The van der Waals surface area contributed by atoms with Gasteiger partial charge in [0.25, 0.3) is 0 Å². The highest BCUT2D eigenvalue weighted by atomic mass is 32.1. The van der Waals surface area contributed by atoms with Gasteiger partial charge < -0.3 is 19.3 Å².